The first-order chi connectivity index (χ1) is 30.5. The van der Waals surface area contributed by atoms with Crippen molar-refractivity contribution in [1.82, 2.24) is 15.0 Å². The molecule has 290 valence electrons. The zero-order chi connectivity index (χ0) is 41.7. The van der Waals surface area contributed by atoms with Gasteiger partial charge in [0.05, 0.1) is 5.56 Å². The Bertz CT molecular complexity index is 3320. The van der Waals surface area contributed by atoms with Crippen molar-refractivity contribution in [1.29, 1.82) is 5.26 Å². The van der Waals surface area contributed by atoms with E-state index < -0.39 is 0 Å². The zero-order valence-electron chi connectivity index (χ0n) is 34.3. The smallest absolute Gasteiger partial charge is 0.164 e. The third-order valence-corrected chi connectivity index (χ3v) is 12.2. The number of nitriles is 1. The van der Waals surface area contributed by atoms with Crippen molar-refractivity contribution < 1.29 is 0 Å². The maximum absolute atomic E-state index is 11.0. The Morgan fingerprint density at radius 1 is 0.306 bits per heavy atom. The summed E-state index contributed by atoms with van der Waals surface area (Å²) in [6.07, 6.45) is 0. The Morgan fingerprint density at radius 2 is 0.677 bits per heavy atom. The molecule has 1 aliphatic carbocycles. The predicted molar refractivity (Wildman–Crippen MR) is 254 cm³/mol. The second kappa shape index (κ2) is 15.1. The lowest BCUT2D eigenvalue weighted by atomic mass is 9.87. The number of hydrogen-bond donors (Lipinski definition) is 0. The van der Waals surface area contributed by atoms with E-state index in [0.29, 0.717) is 23.0 Å². The fourth-order valence-electron chi connectivity index (χ4n) is 9.05. The van der Waals surface area contributed by atoms with Gasteiger partial charge in [0.1, 0.15) is 6.07 Å². The second-order valence-electron chi connectivity index (χ2n) is 16.0. The van der Waals surface area contributed by atoms with Crippen molar-refractivity contribution in [2.75, 3.05) is 0 Å². The van der Waals surface area contributed by atoms with Crippen LogP contribution in [0.1, 0.15) is 16.7 Å². The van der Waals surface area contributed by atoms with Crippen molar-refractivity contribution >= 4 is 10.8 Å². The van der Waals surface area contributed by atoms with Gasteiger partial charge < -0.3 is 0 Å². The lowest BCUT2D eigenvalue weighted by molar-refractivity contribution is 1.07. The first-order valence-corrected chi connectivity index (χ1v) is 20.9. The summed E-state index contributed by atoms with van der Waals surface area (Å²) < 4.78 is 0. The van der Waals surface area contributed by atoms with Crippen LogP contribution in [0.2, 0.25) is 0 Å². The quantitative estimate of drug-likeness (QED) is 0.161. The summed E-state index contributed by atoms with van der Waals surface area (Å²) in [5, 5.41) is 13.6. The van der Waals surface area contributed by atoms with Gasteiger partial charge in [-0.2, -0.15) is 5.26 Å². The minimum Gasteiger partial charge on any atom is -0.208 e. The minimum absolute atomic E-state index is 0.543. The van der Waals surface area contributed by atoms with Crippen LogP contribution >= 0.6 is 0 Å². The fraction of sp³-hybridized carbons (Fsp3) is 0.0345. The Labute approximate surface area is 361 Å². The topological polar surface area (TPSA) is 62.5 Å². The van der Waals surface area contributed by atoms with Gasteiger partial charge in [-0.1, -0.05) is 205 Å². The number of rotatable bonds is 7. The lowest BCUT2D eigenvalue weighted by Crippen LogP contribution is -2.01. The molecule has 1 aliphatic rings. The molecule has 0 saturated heterocycles. The number of fused-ring (bicyclic) bond motifs is 3. The normalized spacial score (nSPS) is 11.4. The Kier molecular flexibility index (Phi) is 8.95. The van der Waals surface area contributed by atoms with Gasteiger partial charge in [0.2, 0.25) is 0 Å². The first-order valence-electron chi connectivity index (χ1n) is 20.9. The molecule has 11 rings (SSSR count). The average molecular weight is 791 g/mol. The highest BCUT2D eigenvalue weighted by Crippen LogP contribution is 2.49. The molecule has 0 bridgehead atoms. The van der Waals surface area contributed by atoms with Gasteiger partial charge in [-0.25, -0.2) is 15.0 Å². The molecule has 0 spiro atoms. The van der Waals surface area contributed by atoms with E-state index in [1.54, 1.807) is 0 Å². The van der Waals surface area contributed by atoms with Crippen molar-refractivity contribution in [3.05, 3.63) is 211 Å². The first kappa shape index (κ1) is 36.8. The molecule has 0 unspecified atom stereocenters. The van der Waals surface area contributed by atoms with Crippen LogP contribution in [-0.2, 0) is 0 Å². The molecular formula is C58H38N4. The highest BCUT2D eigenvalue weighted by Gasteiger charge is 2.23. The van der Waals surface area contributed by atoms with Crippen LogP contribution in [0, 0.1) is 25.2 Å². The van der Waals surface area contributed by atoms with Crippen molar-refractivity contribution in [2.45, 2.75) is 13.8 Å². The highest BCUT2D eigenvalue weighted by molar-refractivity contribution is 6.18. The molecule has 1 aromatic heterocycles. The number of hydrogen-bond acceptors (Lipinski definition) is 4. The van der Waals surface area contributed by atoms with Gasteiger partial charge in [0.15, 0.2) is 17.5 Å². The SMILES string of the molecule is Cc1ccc(-c2nc(-c3ccc(C)cc3)nc(-c3ccccc3-c3cccc(-c4ccccc4-c4ccc(-c5ccc6c7c(cccc57)-c5ccccc5-6)cc4)c3C#N)n2)cc1. The van der Waals surface area contributed by atoms with Crippen LogP contribution in [0.4, 0.5) is 0 Å². The highest BCUT2D eigenvalue weighted by atomic mass is 15.0. The molecule has 0 radical (unpaired) electrons. The van der Waals surface area contributed by atoms with Crippen molar-refractivity contribution in [3.63, 3.8) is 0 Å². The monoisotopic (exact) mass is 790 g/mol. The summed E-state index contributed by atoms with van der Waals surface area (Å²) >= 11 is 0. The molecule has 0 fully saturated rings. The molecule has 0 saturated carbocycles. The number of aryl methyl sites for hydroxylation is 2. The zero-order valence-corrected chi connectivity index (χ0v) is 34.3. The molecule has 4 nitrogen and oxygen atoms in total. The summed E-state index contributed by atoms with van der Waals surface area (Å²) in [5.74, 6) is 1.73. The average Bonchev–Trinajstić information content (AvgIpc) is 3.66. The van der Waals surface area contributed by atoms with E-state index in [0.717, 1.165) is 66.8 Å². The molecule has 10 aromatic rings. The van der Waals surface area contributed by atoms with Gasteiger partial charge >= 0.3 is 0 Å². The molecule has 0 amide bonds. The fourth-order valence-corrected chi connectivity index (χ4v) is 9.05. The van der Waals surface area contributed by atoms with Gasteiger partial charge in [0.25, 0.3) is 0 Å². The Morgan fingerprint density at radius 3 is 1.23 bits per heavy atom. The van der Waals surface area contributed by atoms with Crippen LogP contribution in [-0.4, -0.2) is 15.0 Å². The summed E-state index contributed by atoms with van der Waals surface area (Å²) in [6, 6.07) is 70.4. The van der Waals surface area contributed by atoms with Gasteiger partial charge in [-0.15, -0.1) is 0 Å². The number of aromatic nitrogens is 3. The van der Waals surface area contributed by atoms with Gasteiger partial charge in [0, 0.05) is 27.8 Å². The minimum atomic E-state index is 0.543. The second-order valence-corrected chi connectivity index (χ2v) is 16.0. The van der Waals surface area contributed by atoms with E-state index in [9.17, 15) is 5.26 Å². The molecule has 9 aromatic carbocycles. The van der Waals surface area contributed by atoms with Crippen LogP contribution < -0.4 is 0 Å². The Balaban J connectivity index is 0.995. The maximum Gasteiger partial charge on any atom is 0.164 e. The van der Waals surface area contributed by atoms with Gasteiger partial charge in [-0.05, 0) is 80.3 Å². The maximum atomic E-state index is 11.0. The summed E-state index contributed by atoms with van der Waals surface area (Å²) in [5.41, 5.74) is 18.8. The van der Waals surface area contributed by atoms with Gasteiger partial charge in [-0.3, -0.25) is 0 Å². The standard InChI is InChI=1S/C58H38N4/c1-36-21-25-40(26-22-36)56-60-57(41-27-23-37(2)24-28-41)62-58(61-56)53-16-8-7-15-47(53)49-18-9-17-48(54(49)35-59)44-12-4-3-11-42(44)38-29-31-39(32-30-38)43-33-34-52-46-14-6-5-13-45(46)51-20-10-19-50(43)55(51)52/h3-34H,1-2H3. The van der Waals surface area contributed by atoms with Crippen molar-refractivity contribution in [3.8, 4) is 107 Å². The molecule has 0 atom stereocenters. The van der Waals surface area contributed by atoms with E-state index in [1.807, 2.05) is 60.7 Å². The molecule has 62 heavy (non-hydrogen) atoms. The number of nitrogens with zero attached hydrogens (tertiary/aromatic N) is 4. The van der Waals surface area contributed by atoms with Crippen LogP contribution in [0.5, 0.6) is 0 Å². The molecule has 0 N–H and O–H groups in total. The molecule has 1 heterocycles. The molecular weight excluding hydrogens is 753 g/mol. The van der Waals surface area contributed by atoms with Crippen LogP contribution in [0.15, 0.2) is 194 Å². The van der Waals surface area contributed by atoms with E-state index in [4.69, 9.17) is 15.0 Å². The third kappa shape index (κ3) is 6.27. The van der Waals surface area contributed by atoms with Crippen molar-refractivity contribution in [2.24, 2.45) is 0 Å². The lowest BCUT2D eigenvalue weighted by Gasteiger charge is -2.17. The Hall–Kier alpha value is -8.26. The number of benzene rings is 9. The molecule has 0 aliphatic heterocycles. The van der Waals surface area contributed by atoms with E-state index in [2.05, 4.69) is 153 Å². The largest absolute Gasteiger partial charge is 0.208 e. The van der Waals surface area contributed by atoms with E-state index >= 15 is 0 Å². The molecule has 4 heteroatoms. The van der Waals surface area contributed by atoms with Crippen LogP contribution in [0.25, 0.3) is 112 Å². The van der Waals surface area contributed by atoms with E-state index in [1.165, 1.54) is 38.6 Å². The summed E-state index contributed by atoms with van der Waals surface area (Å²) in [6.45, 7) is 4.14. The van der Waals surface area contributed by atoms with Crippen LogP contribution in [0.3, 0.4) is 0 Å². The van der Waals surface area contributed by atoms with E-state index in [-0.39, 0.29) is 0 Å². The summed E-state index contributed by atoms with van der Waals surface area (Å²) in [4.78, 5) is 15.1. The third-order valence-electron chi connectivity index (χ3n) is 12.2. The summed E-state index contributed by atoms with van der Waals surface area (Å²) in [7, 11) is 0. The predicted octanol–water partition coefficient (Wildman–Crippen LogP) is 14.8.